The second-order valence-electron chi connectivity index (χ2n) is 3.07. The third-order valence-corrected chi connectivity index (χ3v) is 2.87. The first-order chi connectivity index (χ1) is 7.36. The van der Waals surface area contributed by atoms with E-state index in [9.17, 15) is 0 Å². The molecule has 0 atom stereocenters. The lowest BCUT2D eigenvalue weighted by molar-refractivity contribution is 1.09. The molecule has 0 saturated heterocycles. The molecule has 0 aliphatic heterocycles. The Morgan fingerprint density at radius 1 is 1.33 bits per heavy atom. The molecule has 0 aliphatic rings. The van der Waals surface area contributed by atoms with E-state index in [1.165, 1.54) is 6.33 Å². The predicted molar refractivity (Wildman–Crippen MR) is 59.4 cm³/mol. The third kappa shape index (κ3) is 1.18. The maximum absolute atomic E-state index is 5.80. The van der Waals surface area contributed by atoms with Crippen molar-refractivity contribution < 1.29 is 0 Å². The van der Waals surface area contributed by atoms with Crippen LogP contribution in [0.1, 0.15) is 0 Å². The van der Waals surface area contributed by atoms with Gasteiger partial charge in [-0.15, -0.1) is 0 Å². The number of nitrogens with two attached hydrogens (primary N) is 1. The summed E-state index contributed by atoms with van der Waals surface area (Å²) in [6, 6.07) is 2.00. The second-order valence-corrected chi connectivity index (χ2v) is 3.85. The first-order valence-electron chi connectivity index (χ1n) is 4.33. The van der Waals surface area contributed by atoms with Gasteiger partial charge in [-0.05, 0) is 11.4 Å². The van der Waals surface area contributed by atoms with E-state index in [1.54, 1.807) is 11.3 Å². The summed E-state index contributed by atoms with van der Waals surface area (Å²) in [5.74, 6) is 0.454. The van der Waals surface area contributed by atoms with Gasteiger partial charge in [-0.2, -0.15) is 16.4 Å². The first kappa shape index (κ1) is 8.37. The summed E-state index contributed by atoms with van der Waals surface area (Å²) in [6.07, 6.45) is 1.41. The van der Waals surface area contributed by atoms with E-state index in [-0.39, 0.29) is 0 Å². The average Bonchev–Trinajstić information content (AvgIpc) is 2.85. The molecule has 0 bridgehead atoms. The smallest absolute Gasteiger partial charge is 0.186 e. The molecule has 0 fully saturated rings. The maximum atomic E-state index is 5.80. The van der Waals surface area contributed by atoms with Crippen LogP contribution in [0.5, 0.6) is 0 Å². The van der Waals surface area contributed by atoms with Crippen LogP contribution < -0.4 is 5.73 Å². The highest BCUT2D eigenvalue weighted by atomic mass is 32.1. The molecule has 3 heterocycles. The van der Waals surface area contributed by atoms with Crippen molar-refractivity contribution in [1.29, 1.82) is 0 Å². The minimum Gasteiger partial charge on any atom is -0.383 e. The molecule has 0 aromatic carbocycles. The van der Waals surface area contributed by atoms with Crippen LogP contribution in [0, 0.1) is 0 Å². The molecule has 3 aromatic heterocycles. The van der Waals surface area contributed by atoms with Gasteiger partial charge in [0, 0.05) is 10.9 Å². The van der Waals surface area contributed by atoms with Crippen molar-refractivity contribution in [2.45, 2.75) is 0 Å². The molecule has 74 valence electrons. The van der Waals surface area contributed by atoms with Crippen LogP contribution in [-0.4, -0.2) is 20.2 Å². The number of nitrogens with zero attached hydrogens (tertiary/aromatic N) is 3. The van der Waals surface area contributed by atoms with Crippen LogP contribution in [0.3, 0.4) is 0 Å². The van der Waals surface area contributed by atoms with Gasteiger partial charge in [0.15, 0.2) is 5.65 Å². The fourth-order valence-corrected chi connectivity index (χ4v) is 2.14. The molecule has 3 rings (SSSR count). The van der Waals surface area contributed by atoms with E-state index >= 15 is 0 Å². The number of rotatable bonds is 1. The van der Waals surface area contributed by atoms with Crippen molar-refractivity contribution in [1.82, 2.24) is 20.2 Å². The van der Waals surface area contributed by atoms with Crippen molar-refractivity contribution in [3.63, 3.8) is 0 Å². The summed E-state index contributed by atoms with van der Waals surface area (Å²) in [5, 5.41) is 11.8. The van der Waals surface area contributed by atoms with Crippen LogP contribution in [0.4, 0.5) is 5.82 Å². The Labute approximate surface area is 89.0 Å². The quantitative estimate of drug-likeness (QED) is 0.649. The standard InChI is InChI=1S/C9H7N5S/c10-8-6-7(5-1-2-15-3-5)13-14-9(6)12-4-11-8/h1-4H,(H3,10,11,12,13,14). The number of H-pyrrole nitrogens is 1. The highest BCUT2D eigenvalue weighted by molar-refractivity contribution is 7.08. The molecule has 0 radical (unpaired) electrons. The van der Waals surface area contributed by atoms with Gasteiger partial charge in [0.25, 0.3) is 0 Å². The zero-order valence-electron chi connectivity index (χ0n) is 7.64. The summed E-state index contributed by atoms with van der Waals surface area (Å²) in [4.78, 5) is 8.00. The molecular weight excluding hydrogens is 210 g/mol. The van der Waals surface area contributed by atoms with E-state index < -0.39 is 0 Å². The van der Waals surface area contributed by atoms with E-state index in [0.717, 1.165) is 16.6 Å². The van der Waals surface area contributed by atoms with Gasteiger partial charge in [-0.25, -0.2) is 9.97 Å². The summed E-state index contributed by atoms with van der Waals surface area (Å²) in [6.45, 7) is 0. The number of aromatic nitrogens is 4. The van der Waals surface area contributed by atoms with Gasteiger partial charge in [-0.1, -0.05) is 0 Å². The first-order valence-corrected chi connectivity index (χ1v) is 5.27. The highest BCUT2D eigenvalue weighted by Crippen LogP contribution is 2.29. The summed E-state index contributed by atoms with van der Waals surface area (Å²) >= 11 is 1.62. The Hall–Kier alpha value is -1.95. The molecule has 0 amide bonds. The number of hydrogen-bond acceptors (Lipinski definition) is 5. The number of nitrogen functional groups attached to an aromatic ring is 1. The number of anilines is 1. The lowest BCUT2D eigenvalue weighted by atomic mass is 10.2. The van der Waals surface area contributed by atoms with Gasteiger partial charge in [0.1, 0.15) is 12.1 Å². The molecule has 6 heteroatoms. The maximum Gasteiger partial charge on any atom is 0.186 e. The SMILES string of the molecule is Nc1ncnc2n[nH]c(-c3ccsc3)c12. The van der Waals surface area contributed by atoms with E-state index in [1.807, 2.05) is 16.8 Å². The van der Waals surface area contributed by atoms with Gasteiger partial charge in [-0.3, -0.25) is 5.10 Å². The van der Waals surface area contributed by atoms with Gasteiger partial charge >= 0.3 is 0 Å². The third-order valence-electron chi connectivity index (χ3n) is 2.19. The van der Waals surface area contributed by atoms with Crippen molar-refractivity contribution >= 4 is 28.2 Å². The zero-order valence-corrected chi connectivity index (χ0v) is 8.45. The molecule has 3 N–H and O–H groups in total. The largest absolute Gasteiger partial charge is 0.383 e. The van der Waals surface area contributed by atoms with Crippen molar-refractivity contribution in [3.8, 4) is 11.3 Å². The molecule has 5 nitrogen and oxygen atoms in total. The number of hydrogen-bond donors (Lipinski definition) is 2. The van der Waals surface area contributed by atoms with E-state index in [4.69, 9.17) is 5.73 Å². The summed E-state index contributed by atoms with van der Waals surface area (Å²) in [7, 11) is 0. The topological polar surface area (TPSA) is 80.5 Å². The van der Waals surface area contributed by atoms with Crippen molar-refractivity contribution in [3.05, 3.63) is 23.2 Å². The molecule has 3 aromatic rings. The molecule has 0 aliphatic carbocycles. The Bertz CT molecular complexity index is 598. The fourth-order valence-electron chi connectivity index (χ4n) is 1.49. The number of thiophene rings is 1. The van der Waals surface area contributed by atoms with Crippen LogP contribution in [0.2, 0.25) is 0 Å². The van der Waals surface area contributed by atoms with Crippen LogP contribution in [0.15, 0.2) is 23.2 Å². The Morgan fingerprint density at radius 2 is 2.27 bits per heavy atom. The molecule has 0 saturated carbocycles. The molecule has 0 unspecified atom stereocenters. The second kappa shape index (κ2) is 3.03. The molecule has 0 spiro atoms. The lowest BCUT2D eigenvalue weighted by Crippen LogP contribution is -1.92. The van der Waals surface area contributed by atoms with Crippen molar-refractivity contribution in [2.75, 3.05) is 5.73 Å². The average molecular weight is 217 g/mol. The van der Waals surface area contributed by atoms with Crippen LogP contribution >= 0.6 is 11.3 Å². The Balaban J connectivity index is 2.37. The van der Waals surface area contributed by atoms with Crippen LogP contribution in [0.25, 0.3) is 22.3 Å². The van der Waals surface area contributed by atoms with Gasteiger partial charge in [0.2, 0.25) is 0 Å². The minimum absolute atomic E-state index is 0.454. The summed E-state index contributed by atoms with van der Waals surface area (Å²) in [5.41, 5.74) is 8.34. The minimum atomic E-state index is 0.454. The Kier molecular flexibility index (Phi) is 1.69. The van der Waals surface area contributed by atoms with E-state index in [0.29, 0.717) is 11.5 Å². The summed E-state index contributed by atoms with van der Waals surface area (Å²) < 4.78 is 0. The van der Waals surface area contributed by atoms with Gasteiger partial charge in [0.05, 0.1) is 11.1 Å². The lowest BCUT2D eigenvalue weighted by Gasteiger charge is -1.96. The highest BCUT2D eigenvalue weighted by Gasteiger charge is 2.11. The van der Waals surface area contributed by atoms with Gasteiger partial charge < -0.3 is 5.73 Å². The van der Waals surface area contributed by atoms with Crippen LogP contribution in [-0.2, 0) is 0 Å². The number of nitrogens with one attached hydrogen (secondary N) is 1. The monoisotopic (exact) mass is 217 g/mol. The fraction of sp³-hybridized carbons (Fsp3) is 0. The van der Waals surface area contributed by atoms with Crippen molar-refractivity contribution in [2.24, 2.45) is 0 Å². The Morgan fingerprint density at radius 3 is 3.07 bits per heavy atom. The zero-order chi connectivity index (χ0) is 10.3. The number of fused-ring (bicyclic) bond motifs is 1. The number of aromatic amines is 1. The molecular formula is C9H7N5S. The normalized spacial score (nSPS) is 10.9. The molecule has 15 heavy (non-hydrogen) atoms. The van der Waals surface area contributed by atoms with E-state index in [2.05, 4.69) is 20.2 Å². The predicted octanol–water partition coefficient (Wildman–Crippen LogP) is 1.66.